The number of hydrogen-bond donors (Lipinski definition) is 0. The van der Waals surface area contributed by atoms with Crippen LogP contribution in [0.25, 0.3) is 12.2 Å². The summed E-state index contributed by atoms with van der Waals surface area (Å²) in [5.41, 5.74) is 2.49. The van der Waals surface area contributed by atoms with Crippen LogP contribution in [0.3, 0.4) is 0 Å². The number of aldehydes is 1. The van der Waals surface area contributed by atoms with Crippen LogP contribution in [0.15, 0.2) is 42.5 Å². The third-order valence-corrected chi connectivity index (χ3v) is 11.8. The molecule has 0 aliphatic rings. The summed E-state index contributed by atoms with van der Waals surface area (Å²) in [6, 6.07) is 10.7. The summed E-state index contributed by atoms with van der Waals surface area (Å²) in [4.78, 5) is 15.6. The van der Waals surface area contributed by atoms with E-state index < -0.39 is 8.32 Å². The molecule has 1 aromatic heterocycles. The highest BCUT2D eigenvalue weighted by Crippen LogP contribution is 2.40. The van der Waals surface area contributed by atoms with Gasteiger partial charge in [-0.2, -0.15) is 0 Å². The van der Waals surface area contributed by atoms with E-state index in [2.05, 4.69) is 89.0 Å². The Kier molecular flexibility index (Phi) is 10.8. The van der Waals surface area contributed by atoms with Gasteiger partial charge in [0.25, 0.3) is 8.32 Å². The zero-order chi connectivity index (χ0) is 25.2. The van der Waals surface area contributed by atoms with Gasteiger partial charge in [-0.25, -0.2) is 0 Å². The van der Waals surface area contributed by atoms with Gasteiger partial charge in [-0.15, -0.1) is 11.3 Å². The average molecular weight is 498 g/mol. The summed E-state index contributed by atoms with van der Waals surface area (Å²) < 4.78 is 6.50. The van der Waals surface area contributed by atoms with Crippen molar-refractivity contribution in [2.45, 2.75) is 78.4 Å². The zero-order valence-electron chi connectivity index (χ0n) is 22.2. The SMILES string of the molecule is CCCCN(CCCC)c1ccc(C=CC=Cc2sc(C=O)cc2O[Si](C)(C)C(C)(C)C)cc1. The quantitative estimate of drug-likeness (QED) is 0.157. The van der Waals surface area contributed by atoms with Gasteiger partial charge in [0.2, 0.25) is 0 Å². The first-order valence-electron chi connectivity index (χ1n) is 12.6. The van der Waals surface area contributed by atoms with Crippen molar-refractivity contribution in [1.29, 1.82) is 0 Å². The van der Waals surface area contributed by atoms with Gasteiger partial charge in [0.1, 0.15) is 5.75 Å². The largest absolute Gasteiger partial charge is 0.543 e. The van der Waals surface area contributed by atoms with E-state index in [1.165, 1.54) is 48.3 Å². The third-order valence-electron chi connectivity index (χ3n) is 6.50. The molecule has 1 aromatic carbocycles. The average Bonchev–Trinajstić information content (AvgIpc) is 3.17. The van der Waals surface area contributed by atoms with Crippen LogP contribution in [0.1, 0.15) is 80.4 Å². The molecule has 0 N–H and O–H groups in total. The van der Waals surface area contributed by atoms with Gasteiger partial charge in [0, 0.05) is 24.8 Å². The summed E-state index contributed by atoms with van der Waals surface area (Å²) >= 11 is 1.48. The van der Waals surface area contributed by atoms with Gasteiger partial charge in [-0.1, -0.05) is 77.8 Å². The molecule has 5 heteroatoms. The van der Waals surface area contributed by atoms with Crippen molar-refractivity contribution in [3.63, 3.8) is 0 Å². The number of allylic oxidation sites excluding steroid dienone is 2. The standard InChI is InChI=1S/C29H43NO2SSi/c1-8-10-20-30(21-11-9-2)25-18-16-24(17-19-25)14-12-13-15-28-27(22-26(23-31)33-28)32-34(6,7)29(3,4)5/h12-19,22-23H,8-11,20-21H2,1-7H3. The van der Waals surface area contributed by atoms with Gasteiger partial charge in [0.05, 0.1) is 9.75 Å². The summed E-state index contributed by atoms with van der Waals surface area (Å²) in [7, 11) is -1.97. The molecule has 0 saturated heterocycles. The molecular formula is C29H43NO2SSi. The highest BCUT2D eigenvalue weighted by atomic mass is 32.1. The van der Waals surface area contributed by atoms with Crippen LogP contribution in [-0.2, 0) is 0 Å². The Labute approximate surface area is 212 Å². The Hall–Kier alpha value is -2.11. The summed E-state index contributed by atoms with van der Waals surface area (Å²) in [5, 5.41) is 0.103. The Bertz CT molecular complexity index is 944. The third kappa shape index (κ3) is 8.28. The molecule has 0 unspecified atom stereocenters. The van der Waals surface area contributed by atoms with Crippen molar-refractivity contribution in [1.82, 2.24) is 0 Å². The molecule has 2 aromatic rings. The first-order valence-corrected chi connectivity index (χ1v) is 16.3. The fraction of sp³-hybridized carbons (Fsp3) is 0.483. The summed E-state index contributed by atoms with van der Waals surface area (Å²) in [5.74, 6) is 0.826. The smallest absolute Gasteiger partial charge is 0.250 e. The summed E-state index contributed by atoms with van der Waals surface area (Å²) in [6.07, 6.45) is 14.0. The van der Waals surface area contributed by atoms with Gasteiger partial charge >= 0.3 is 0 Å². The normalized spacial score (nSPS) is 12.6. The zero-order valence-corrected chi connectivity index (χ0v) is 24.0. The molecule has 0 aliphatic heterocycles. The maximum atomic E-state index is 11.4. The lowest BCUT2D eigenvalue weighted by Gasteiger charge is -2.36. The van der Waals surface area contributed by atoms with E-state index in [0.29, 0.717) is 4.88 Å². The number of unbranched alkanes of at least 4 members (excludes halogenated alkanes) is 2. The van der Waals surface area contributed by atoms with Gasteiger partial charge in [-0.05, 0) is 54.7 Å². The van der Waals surface area contributed by atoms with Crippen LogP contribution in [0.2, 0.25) is 18.1 Å². The maximum Gasteiger partial charge on any atom is 0.250 e. The number of benzene rings is 1. The Balaban J connectivity index is 2.10. The number of hydrogen-bond acceptors (Lipinski definition) is 4. The van der Waals surface area contributed by atoms with Crippen LogP contribution in [0, 0.1) is 0 Å². The van der Waals surface area contributed by atoms with Crippen molar-refractivity contribution in [2.24, 2.45) is 0 Å². The van der Waals surface area contributed by atoms with E-state index in [0.717, 1.165) is 30.0 Å². The fourth-order valence-electron chi connectivity index (χ4n) is 3.26. The molecule has 0 fully saturated rings. The van der Waals surface area contributed by atoms with Crippen molar-refractivity contribution < 1.29 is 9.22 Å². The minimum absolute atomic E-state index is 0.103. The molecule has 0 bridgehead atoms. The second-order valence-electron chi connectivity index (χ2n) is 10.4. The molecule has 0 saturated carbocycles. The Morgan fingerprint density at radius 2 is 1.56 bits per heavy atom. The highest BCUT2D eigenvalue weighted by Gasteiger charge is 2.39. The van der Waals surface area contributed by atoms with E-state index in [9.17, 15) is 4.79 Å². The lowest BCUT2D eigenvalue weighted by molar-refractivity contribution is 0.112. The molecule has 1 heterocycles. The van der Waals surface area contributed by atoms with Crippen molar-refractivity contribution in [3.8, 4) is 5.75 Å². The molecule has 0 aliphatic carbocycles. The minimum atomic E-state index is -1.97. The van der Waals surface area contributed by atoms with Crippen LogP contribution in [-0.4, -0.2) is 27.7 Å². The number of rotatable bonds is 13. The first-order chi connectivity index (χ1) is 16.1. The molecule has 2 rings (SSSR count). The first kappa shape index (κ1) is 28.1. The number of nitrogens with zero attached hydrogens (tertiary/aromatic N) is 1. The second kappa shape index (κ2) is 13.1. The second-order valence-corrected chi connectivity index (χ2v) is 16.2. The van der Waals surface area contributed by atoms with Gasteiger partial charge in [0.15, 0.2) is 6.29 Å². The van der Waals surface area contributed by atoms with Gasteiger partial charge in [-0.3, -0.25) is 4.79 Å². The van der Waals surface area contributed by atoms with Crippen LogP contribution < -0.4 is 9.33 Å². The Morgan fingerprint density at radius 1 is 0.971 bits per heavy atom. The van der Waals surface area contributed by atoms with E-state index >= 15 is 0 Å². The van der Waals surface area contributed by atoms with E-state index in [4.69, 9.17) is 4.43 Å². The molecule has 0 spiro atoms. The molecular weight excluding hydrogens is 454 g/mol. The lowest BCUT2D eigenvalue weighted by atomic mass is 10.1. The maximum absolute atomic E-state index is 11.4. The molecule has 3 nitrogen and oxygen atoms in total. The van der Waals surface area contributed by atoms with E-state index in [1.54, 1.807) is 0 Å². The molecule has 34 heavy (non-hydrogen) atoms. The number of anilines is 1. The predicted octanol–water partition coefficient (Wildman–Crippen LogP) is 9.08. The molecule has 0 atom stereocenters. The van der Waals surface area contributed by atoms with Crippen molar-refractivity contribution in [3.05, 3.63) is 57.8 Å². The van der Waals surface area contributed by atoms with Crippen LogP contribution >= 0.6 is 11.3 Å². The molecule has 186 valence electrons. The monoisotopic (exact) mass is 497 g/mol. The van der Waals surface area contributed by atoms with Crippen LogP contribution in [0.4, 0.5) is 5.69 Å². The van der Waals surface area contributed by atoms with E-state index in [1.807, 2.05) is 18.2 Å². The number of thiophene rings is 1. The Morgan fingerprint density at radius 3 is 2.09 bits per heavy atom. The van der Waals surface area contributed by atoms with Crippen LogP contribution in [0.5, 0.6) is 5.75 Å². The van der Waals surface area contributed by atoms with Gasteiger partial charge < -0.3 is 9.33 Å². The molecule has 0 radical (unpaired) electrons. The molecule has 0 amide bonds. The fourth-order valence-corrected chi connectivity index (χ4v) is 5.18. The number of carbonyl (C=O) groups excluding carboxylic acids is 1. The van der Waals surface area contributed by atoms with E-state index in [-0.39, 0.29) is 5.04 Å². The lowest BCUT2D eigenvalue weighted by Crippen LogP contribution is -2.43. The predicted molar refractivity (Wildman–Crippen MR) is 154 cm³/mol. The summed E-state index contributed by atoms with van der Waals surface area (Å²) in [6.45, 7) is 17.9. The number of carbonyl (C=O) groups is 1. The highest BCUT2D eigenvalue weighted by molar-refractivity contribution is 7.14. The van der Waals surface area contributed by atoms with Crippen molar-refractivity contribution in [2.75, 3.05) is 18.0 Å². The topological polar surface area (TPSA) is 29.5 Å². The van der Waals surface area contributed by atoms with Crippen molar-refractivity contribution >= 4 is 43.8 Å². The minimum Gasteiger partial charge on any atom is -0.543 e.